The van der Waals surface area contributed by atoms with Gasteiger partial charge in [0.25, 0.3) is 0 Å². The smallest absolute Gasteiger partial charge is 0.342 e. The van der Waals surface area contributed by atoms with E-state index in [1.165, 1.54) is 7.11 Å². The van der Waals surface area contributed by atoms with Crippen LogP contribution in [0.5, 0.6) is 5.75 Å². The van der Waals surface area contributed by atoms with Gasteiger partial charge in [0.15, 0.2) is 12.6 Å². The number of esters is 2. The van der Waals surface area contributed by atoms with Crippen molar-refractivity contribution in [2.24, 2.45) is 5.92 Å². The zero-order chi connectivity index (χ0) is 28.9. The van der Waals surface area contributed by atoms with Crippen molar-refractivity contribution in [3.05, 3.63) is 77.4 Å². The molecule has 0 bridgehead atoms. The van der Waals surface area contributed by atoms with E-state index in [-0.39, 0.29) is 24.0 Å². The maximum absolute atomic E-state index is 13.4. The highest BCUT2D eigenvalue weighted by atomic mass is 16.8. The minimum atomic E-state index is -0.899. The molecule has 4 rings (SSSR count). The van der Waals surface area contributed by atoms with Crippen LogP contribution in [0.2, 0.25) is 0 Å². The first kappa shape index (κ1) is 29.3. The van der Waals surface area contributed by atoms with Gasteiger partial charge in [-0.2, -0.15) is 0 Å². The van der Waals surface area contributed by atoms with Gasteiger partial charge in [-0.25, -0.2) is 9.59 Å². The molecule has 2 N–H and O–H groups in total. The summed E-state index contributed by atoms with van der Waals surface area (Å²) in [5, 5.41) is 0. The third-order valence-electron chi connectivity index (χ3n) is 6.79. The molecule has 2 aliphatic heterocycles. The summed E-state index contributed by atoms with van der Waals surface area (Å²) in [6.07, 6.45) is 5.40. The molecule has 0 aliphatic carbocycles. The molecular formula is C31H37NO8. The normalized spacial score (nSPS) is 27.0. The molecule has 0 aromatic heterocycles. The van der Waals surface area contributed by atoms with E-state index in [1.807, 2.05) is 39.0 Å². The summed E-state index contributed by atoms with van der Waals surface area (Å²) in [4.78, 5) is 26.4. The number of rotatable bonds is 5. The third-order valence-corrected chi connectivity index (χ3v) is 6.79. The van der Waals surface area contributed by atoms with Crippen molar-refractivity contribution in [3.8, 4) is 5.75 Å². The quantitative estimate of drug-likeness (QED) is 0.233. The summed E-state index contributed by atoms with van der Waals surface area (Å²) in [6, 6.07) is 12.0. The molecule has 9 nitrogen and oxygen atoms in total. The van der Waals surface area contributed by atoms with Crippen LogP contribution in [0.15, 0.2) is 60.7 Å². The van der Waals surface area contributed by atoms with E-state index >= 15 is 0 Å². The van der Waals surface area contributed by atoms with E-state index in [2.05, 4.69) is 0 Å². The first-order valence-electron chi connectivity index (χ1n) is 13.3. The van der Waals surface area contributed by atoms with Gasteiger partial charge in [0, 0.05) is 24.8 Å². The Bertz CT molecular complexity index is 1260. The van der Waals surface area contributed by atoms with Crippen LogP contribution in [0.4, 0.5) is 5.69 Å². The number of nitrogens with two attached hydrogens (primary N) is 1. The Kier molecular flexibility index (Phi) is 9.29. The number of carbonyl (C=O) groups excluding carboxylic acids is 2. The SMILES string of the molecule is COCOc1cc(N)cc2c1C(=O)O[C@@H](C)C(C)/C=C\C(OC(=O)c1ccccc1)[C@H]1OC(C)(C)O[C@H]1CC=C2. The number of ether oxygens (including phenoxy) is 6. The molecule has 9 heteroatoms. The van der Waals surface area contributed by atoms with Crippen LogP contribution in [0, 0.1) is 5.92 Å². The van der Waals surface area contributed by atoms with Crippen molar-refractivity contribution < 1.29 is 38.0 Å². The summed E-state index contributed by atoms with van der Waals surface area (Å²) in [5.74, 6) is -1.89. The fourth-order valence-electron chi connectivity index (χ4n) is 4.66. The third kappa shape index (κ3) is 7.10. The first-order valence-corrected chi connectivity index (χ1v) is 13.3. The lowest BCUT2D eigenvalue weighted by atomic mass is 9.98. The zero-order valence-electron chi connectivity index (χ0n) is 23.5. The van der Waals surface area contributed by atoms with Crippen LogP contribution in [-0.2, 0) is 23.7 Å². The summed E-state index contributed by atoms with van der Waals surface area (Å²) in [6.45, 7) is 7.30. The van der Waals surface area contributed by atoms with E-state index in [0.717, 1.165) is 0 Å². The highest BCUT2D eigenvalue weighted by Crippen LogP contribution is 2.35. The van der Waals surface area contributed by atoms with Crippen LogP contribution in [0.25, 0.3) is 6.08 Å². The average molecular weight is 552 g/mol. The zero-order valence-corrected chi connectivity index (χ0v) is 23.5. The second-order valence-electron chi connectivity index (χ2n) is 10.4. The minimum Gasteiger partial charge on any atom is -0.467 e. The summed E-state index contributed by atoms with van der Waals surface area (Å²) in [5.41, 5.74) is 7.76. The number of nitrogen functional groups attached to an aromatic ring is 1. The van der Waals surface area contributed by atoms with E-state index in [4.69, 9.17) is 34.2 Å². The number of benzene rings is 2. The topological polar surface area (TPSA) is 116 Å². The van der Waals surface area contributed by atoms with Gasteiger partial charge in [-0.1, -0.05) is 43.4 Å². The second-order valence-corrected chi connectivity index (χ2v) is 10.4. The van der Waals surface area contributed by atoms with Crippen LogP contribution in [0.3, 0.4) is 0 Å². The highest BCUT2D eigenvalue weighted by molar-refractivity contribution is 5.97. The lowest BCUT2D eigenvalue weighted by Gasteiger charge is -2.25. The fraction of sp³-hybridized carbons (Fsp3) is 0.419. The molecule has 0 saturated carbocycles. The number of hydrogen-bond donors (Lipinski definition) is 1. The van der Waals surface area contributed by atoms with Crippen LogP contribution in [-0.4, -0.2) is 56.0 Å². The molecule has 2 aromatic rings. The Hall–Kier alpha value is -3.66. The molecule has 2 heterocycles. The molecule has 2 unspecified atom stereocenters. The molecule has 5 atom stereocenters. The maximum Gasteiger partial charge on any atom is 0.342 e. The van der Waals surface area contributed by atoms with E-state index < -0.39 is 42.1 Å². The summed E-state index contributed by atoms with van der Waals surface area (Å²) < 4.78 is 35.0. The standard InChI is InChI=1S/C31H37NO8/c1-19-14-15-24(38-29(33)21-10-7-6-8-11-21)28-25(39-31(3,4)40-28)13-9-12-22-16-23(32)17-26(36-18-35-5)27(22)30(34)37-20(19)2/h6-12,14-17,19-20,24-25,28H,13,18,32H2,1-5H3/b12-9?,15-14-/t19?,20-,24?,25-,28+/m0/s1. The van der Waals surface area contributed by atoms with Crippen molar-refractivity contribution in [2.75, 3.05) is 19.6 Å². The predicted molar refractivity (Wildman–Crippen MR) is 150 cm³/mol. The lowest BCUT2D eigenvalue weighted by Crippen LogP contribution is -2.37. The van der Waals surface area contributed by atoms with E-state index in [1.54, 1.807) is 55.5 Å². The highest BCUT2D eigenvalue weighted by Gasteiger charge is 2.45. The van der Waals surface area contributed by atoms with Gasteiger partial charge in [0.1, 0.15) is 29.6 Å². The molecule has 0 amide bonds. The Labute approximate surface area is 234 Å². The molecule has 1 saturated heterocycles. The van der Waals surface area contributed by atoms with Gasteiger partial charge >= 0.3 is 11.9 Å². The second kappa shape index (κ2) is 12.7. The van der Waals surface area contributed by atoms with Gasteiger partial charge in [-0.05, 0) is 57.0 Å². The van der Waals surface area contributed by atoms with Crippen LogP contribution >= 0.6 is 0 Å². The number of cyclic esters (lactones) is 1. The minimum absolute atomic E-state index is 0.0608. The van der Waals surface area contributed by atoms with E-state index in [0.29, 0.717) is 23.2 Å². The van der Waals surface area contributed by atoms with Gasteiger partial charge in [-0.3, -0.25) is 0 Å². The Morgan fingerprint density at radius 2 is 1.85 bits per heavy atom. The predicted octanol–water partition coefficient (Wildman–Crippen LogP) is 5.15. The van der Waals surface area contributed by atoms with Crippen molar-refractivity contribution in [1.29, 1.82) is 0 Å². The molecule has 214 valence electrons. The lowest BCUT2D eigenvalue weighted by molar-refractivity contribution is -0.152. The molecule has 40 heavy (non-hydrogen) atoms. The number of methoxy groups -OCH3 is 1. The molecule has 1 fully saturated rings. The van der Waals surface area contributed by atoms with Gasteiger partial charge in [-0.15, -0.1) is 0 Å². The van der Waals surface area contributed by atoms with Gasteiger partial charge in [0.05, 0.1) is 11.7 Å². The van der Waals surface area contributed by atoms with Gasteiger partial charge in [0.2, 0.25) is 0 Å². The van der Waals surface area contributed by atoms with Crippen LogP contribution < -0.4 is 10.5 Å². The number of fused-ring (bicyclic) bond motifs is 2. The summed E-state index contributed by atoms with van der Waals surface area (Å²) >= 11 is 0. The molecular weight excluding hydrogens is 514 g/mol. The number of anilines is 1. The fourth-order valence-corrected chi connectivity index (χ4v) is 4.66. The molecule has 0 spiro atoms. The van der Waals surface area contributed by atoms with Crippen molar-refractivity contribution in [3.63, 3.8) is 0 Å². The Morgan fingerprint density at radius 1 is 1.10 bits per heavy atom. The molecule has 2 aromatic carbocycles. The first-order chi connectivity index (χ1) is 19.1. The molecule has 2 aliphatic rings. The van der Waals surface area contributed by atoms with Gasteiger partial charge < -0.3 is 34.2 Å². The van der Waals surface area contributed by atoms with Crippen molar-refractivity contribution >= 4 is 23.7 Å². The number of hydrogen-bond acceptors (Lipinski definition) is 9. The Morgan fingerprint density at radius 3 is 2.58 bits per heavy atom. The largest absolute Gasteiger partial charge is 0.467 e. The van der Waals surface area contributed by atoms with Crippen LogP contribution in [0.1, 0.15) is 60.4 Å². The summed E-state index contributed by atoms with van der Waals surface area (Å²) in [7, 11) is 1.49. The monoisotopic (exact) mass is 551 g/mol. The van der Waals surface area contributed by atoms with E-state index in [9.17, 15) is 9.59 Å². The maximum atomic E-state index is 13.4. The Balaban J connectivity index is 1.73. The van der Waals surface area contributed by atoms with Crippen molar-refractivity contribution in [1.82, 2.24) is 0 Å². The average Bonchev–Trinajstić information content (AvgIpc) is 3.22. The molecule has 0 radical (unpaired) electrons. The number of carbonyl (C=O) groups is 2. The van der Waals surface area contributed by atoms with Crippen molar-refractivity contribution in [2.45, 2.75) is 64.3 Å².